The fourth-order valence-electron chi connectivity index (χ4n) is 5.27. The van der Waals surface area contributed by atoms with Crippen LogP contribution in [0.4, 0.5) is 0 Å². The van der Waals surface area contributed by atoms with Gasteiger partial charge in [0.1, 0.15) is 11.5 Å². The molecule has 1 aliphatic heterocycles. The second kappa shape index (κ2) is 9.71. The van der Waals surface area contributed by atoms with Crippen LogP contribution in [0.5, 0.6) is 11.5 Å². The Morgan fingerprint density at radius 1 is 1.10 bits per heavy atom. The summed E-state index contributed by atoms with van der Waals surface area (Å²) in [5, 5.41) is 36.2. The monoisotopic (exact) mass is 416 g/mol. The van der Waals surface area contributed by atoms with Crippen molar-refractivity contribution < 1.29 is 15.3 Å². The number of aromatic hydroxyl groups is 2. The molecule has 1 saturated heterocycles. The summed E-state index contributed by atoms with van der Waals surface area (Å²) in [6.45, 7) is 12.0. The molecule has 1 aromatic carbocycles. The van der Waals surface area contributed by atoms with Crippen LogP contribution in [-0.2, 0) is 6.42 Å². The molecule has 2 aliphatic rings. The van der Waals surface area contributed by atoms with Crippen molar-refractivity contribution in [3.63, 3.8) is 0 Å². The van der Waals surface area contributed by atoms with Gasteiger partial charge in [-0.3, -0.25) is 4.90 Å². The second-order valence-electron chi connectivity index (χ2n) is 9.74. The first-order chi connectivity index (χ1) is 14.2. The minimum absolute atomic E-state index is 0.0937. The van der Waals surface area contributed by atoms with Crippen LogP contribution in [0.2, 0.25) is 0 Å². The molecule has 0 saturated carbocycles. The quantitative estimate of drug-likeness (QED) is 0.400. The Bertz CT molecular complexity index is 724. The molecule has 0 bridgehead atoms. The molecule has 0 radical (unpaired) electrons. The van der Waals surface area contributed by atoms with E-state index >= 15 is 0 Å². The van der Waals surface area contributed by atoms with E-state index in [0.717, 1.165) is 63.8 Å². The number of aryl methyl sites for hydroxylation is 1. The largest absolute Gasteiger partial charge is 0.507 e. The molecular weight excluding hydrogens is 376 g/mol. The van der Waals surface area contributed by atoms with Crippen molar-refractivity contribution in [3.05, 3.63) is 34.9 Å². The van der Waals surface area contributed by atoms with Gasteiger partial charge in [-0.2, -0.15) is 0 Å². The molecule has 3 unspecified atom stereocenters. The standard InChI is InChI=1S/C25H40N2O3/c1-5-6-7-8-18-14-22(28)24(23(29)15-18)19-13-17(2)21(16-20(19)25(3,4)30)27-11-9-26-10-12-27/h13-15,19-21,26,28-30H,5-12,16H2,1-4H3. The molecule has 168 valence electrons. The Labute approximate surface area is 181 Å². The lowest BCUT2D eigenvalue weighted by Crippen LogP contribution is -2.52. The highest BCUT2D eigenvalue weighted by Gasteiger charge is 2.42. The SMILES string of the molecule is CCCCCc1cc(O)c(C2C=C(C)C(N3CCNCC3)CC2C(C)(C)O)c(O)c1. The summed E-state index contributed by atoms with van der Waals surface area (Å²) < 4.78 is 0. The van der Waals surface area contributed by atoms with Gasteiger partial charge in [-0.25, -0.2) is 0 Å². The number of piperazine rings is 1. The second-order valence-corrected chi connectivity index (χ2v) is 9.74. The molecule has 3 atom stereocenters. The molecule has 1 aliphatic carbocycles. The predicted octanol–water partition coefficient (Wildman–Crippen LogP) is 3.93. The zero-order valence-corrected chi connectivity index (χ0v) is 19.1. The minimum Gasteiger partial charge on any atom is -0.507 e. The topological polar surface area (TPSA) is 76.0 Å². The Hall–Kier alpha value is -1.56. The van der Waals surface area contributed by atoms with Crippen molar-refractivity contribution in [1.82, 2.24) is 10.2 Å². The number of unbranched alkanes of at least 4 members (excludes halogenated alkanes) is 2. The molecule has 1 heterocycles. The van der Waals surface area contributed by atoms with E-state index in [9.17, 15) is 15.3 Å². The van der Waals surface area contributed by atoms with Gasteiger partial charge >= 0.3 is 0 Å². The Morgan fingerprint density at radius 3 is 2.30 bits per heavy atom. The van der Waals surface area contributed by atoms with Gasteiger partial charge in [-0.15, -0.1) is 0 Å². The normalized spacial score (nSPS) is 25.9. The molecular formula is C25H40N2O3. The van der Waals surface area contributed by atoms with Crippen molar-refractivity contribution >= 4 is 0 Å². The zero-order chi connectivity index (χ0) is 21.9. The first-order valence-corrected chi connectivity index (χ1v) is 11.6. The summed E-state index contributed by atoms with van der Waals surface area (Å²) in [4.78, 5) is 2.49. The van der Waals surface area contributed by atoms with Crippen LogP contribution >= 0.6 is 0 Å². The number of benzene rings is 1. The third-order valence-electron chi connectivity index (χ3n) is 6.98. The van der Waals surface area contributed by atoms with Crippen LogP contribution < -0.4 is 5.32 Å². The lowest BCUT2D eigenvalue weighted by Gasteiger charge is -2.46. The minimum atomic E-state index is -0.924. The van der Waals surface area contributed by atoms with Crippen molar-refractivity contribution in [2.45, 2.75) is 77.4 Å². The highest BCUT2D eigenvalue weighted by Crippen LogP contribution is 2.48. The molecule has 5 nitrogen and oxygen atoms in total. The summed E-state index contributed by atoms with van der Waals surface area (Å²) in [6.07, 6.45) is 7.17. The fourth-order valence-corrected chi connectivity index (χ4v) is 5.27. The van der Waals surface area contributed by atoms with E-state index in [1.54, 1.807) is 12.1 Å². The van der Waals surface area contributed by atoms with E-state index in [4.69, 9.17) is 0 Å². The first kappa shape index (κ1) is 23.1. The van der Waals surface area contributed by atoms with E-state index < -0.39 is 5.60 Å². The third kappa shape index (κ3) is 5.19. The van der Waals surface area contributed by atoms with Crippen LogP contribution in [0, 0.1) is 5.92 Å². The summed E-state index contributed by atoms with van der Waals surface area (Å²) in [7, 11) is 0. The Balaban J connectivity index is 1.93. The van der Waals surface area contributed by atoms with Crippen LogP contribution in [0.1, 0.15) is 70.4 Å². The lowest BCUT2D eigenvalue weighted by atomic mass is 9.68. The van der Waals surface area contributed by atoms with E-state index in [2.05, 4.69) is 30.1 Å². The van der Waals surface area contributed by atoms with E-state index in [1.807, 2.05) is 13.8 Å². The number of aliphatic hydroxyl groups is 1. The zero-order valence-electron chi connectivity index (χ0n) is 19.1. The predicted molar refractivity (Wildman–Crippen MR) is 122 cm³/mol. The number of rotatable bonds is 7. The maximum absolute atomic E-state index is 11.0. The average molecular weight is 417 g/mol. The highest BCUT2D eigenvalue weighted by atomic mass is 16.3. The molecule has 30 heavy (non-hydrogen) atoms. The maximum Gasteiger partial charge on any atom is 0.123 e. The van der Waals surface area contributed by atoms with Gasteiger partial charge in [0, 0.05) is 43.7 Å². The number of allylic oxidation sites excluding steroid dienone is 1. The molecule has 3 rings (SSSR count). The maximum atomic E-state index is 11.0. The fraction of sp³-hybridized carbons (Fsp3) is 0.680. The number of nitrogens with one attached hydrogen (secondary N) is 1. The molecule has 1 fully saturated rings. The van der Waals surface area contributed by atoms with Gasteiger partial charge in [0.15, 0.2) is 0 Å². The first-order valence-electron chi connectivity index (χ1n) is 11.6. The number of hydrogen-bond acceptors (Lipinski definition) is 5. The lowest BCUT2D eigenvalue weighted by molar-refractivity contribution is -0.00897. The van der Waals surface area contributed by atoms with Crippen molar-refractivity contribution in [1.29, 1.82) is 0 Å². The highest BCUT2D eigenvalue weighted by molar-refractivity contribution is 5.51. The van der Waals surface area contributed by atoms with Crippen molar-refractivity contribution in [2.75, 3.05) is 26.2 Å². The Kier molecular flexibility index (Phi) is 7.48. The summed E-state index contributed by atoms with van der Waals surface area (Å²) >= 11 is 0. The van der Waals surface area contributed by atoms with Crippen LogP contribution in [0.3, 0.4) is 0 Å². The Morgan fingerprint density at radius 2 is 1.73 bits per heavy atom. The van der Waals surface area contributed by atoms with Crippen molar-refractivity contribution in [3.8, 4) is 11.5 Å². The number of phenolic OH excluding ortho intramolecular Hbond substituents is 2. The van der Waals surface area contributed by atoms with E-state index in [-0.39, 0.29) is 29.4 Å². The summed E-state index contributed by atoms with van der Waals surface area (Å²) in [5.74, 6) is -0.0199. The smallest absolute Gasteiger partial charge is 0.123 e. The molecule has 0 spiro atoms. The molecule has 1 aromatic rings. The van der Waals surface area contributed by atoms with Crippen LogP contribution in [0.25, 0.3) is 0 Å². The van der Waals surface area contributed by atoms with Crippen LogP contribution in [-0.4, -0.2) is 58.0 Å². The molecule has 0 aromatic heterocycles. The number of nitrogens with zero attached hydrogens (tertiary/aromatic N) is 1. The number of phenols is 2. The van der Waals surface area contributed by atoms with E-state index in [0.29, 0.717) is 5.56 Å². The van der Waals surface area contributed by atoms with Gasteiger partial charge in [0.05, 0.1) is 5.60 Å². The summed E-state index contributed by atoms with van der Waals surface area (Å²) in [6, 6.07) is 3.90. The van der Waals surface area contributed by atoms with Gasteiger partial charge in [0.2, 0.25) is 0 Å². The van der Waals surface area contributed by atoms with Gasteiger partial charge in [-0.05, 0) is 63.6 Å². The average Bonchev–Trinajstić information content (AvgIpc) is 2.67. The molecule has 0 amide bonds. The molecule has 4 N–H and O–H groups in total. The van der Waals surface area contributed by atoms with Gasteiger partial charge in [-0.1, -0.05) is 31.4 Å². The summed E-state index contributed by atoms with van der Waals surface area (Å²) in [5.41, 5.74) is 1.86. The number of hydrogen-bond donors (Lipinski definition) is 4. The van der Waals surface area contributed by atoms with E-state index in [1.165, 1.54) is 5.57 Å². The van der Waals surface area contributed by atoms with Gasteiger partial charge in [0.25, 0.3) is 0 Å². The molecule has 5 heteroatoms. The van der Waals surface area contributed by atoms with Gasteiger partial charge < -0.3 is 20.6 Å². The van der Waals surface area contributed by atoms with Crippen molar-refractivity contribution in [2.24, 2.45) is 5.92 Å². The van der Waals surface area contributed by atoms with Crippen LogP contribution in [0.15, 0.2) is 23.8 Å². The third-order valence-corrected chi connectivity index (χ3v) is 6.98.